The van der Waals surface area contributed by atoms with Crippen molar-refractivity contribution in [2.45, 2.75) is 6.42 Å². The van der Waals surface area contributed by atoms with Crippen LogP contribution in [0.3, 0.4) is 0 Å². The molecule has 1 aliphatic heterocycles. The Balaban J connectivity index is 2.05. The summed E-state index contributed by atoms with van der Waals surface area (Å²) in [7, 11) is 1.65. The fourth-order valence-corrected chi connectivity index (χ4v) is 2.47. The number of hydrogen-bond acceptors (Lipinski definition) is 2. The number of likely N-dealkylation sites (N-methyl/N-ethyl adjacent to an activating group) is 1. The van der Waals surface area contributed by atoms with Gasteiger partial charge in [0.05, 0.1) is 12.0 Å². The summed E-state index contributed by atoms with van der Waals surface area (Å²) >= 11 is 0. The molecule has 0 bridgehead atoms. The van der Waals surface area contributed by atoms with Gasteiger partial charge in [0, 0.05) is 18.3 Å². The van der Waals surface area contributed by atoms with Crippen molar-refractivity contribution in [3.05, 3.63) is 64.7 Å². The monoisotopic (exact) mass is 287 g/mol. The number of fused-ring (bicyclic) bond motifs is 1. The predicted molar refractivity (Wildman–Crippen MR) is 73.3 cm³/mol. The van der Waals surface area contributed by atoms with Crippen molar-refractivity contribution < 1.29 is 18.4 Å². The van der Waals surface area contributed by atoms with Crippen LogP contribution in [0.2, 0.25) is 0 Å². The van der Waals surface area contributed by atoms with Gasteiger partial charge in [-0.25, -0.2) is 8.78 Å². The Morgan fingerprint density at radius 2 is 1.81 bits per heavy atom. The first-order valence-electron chi connectivity index (χ1n) is 6.37. The molecule has 3 rings (SSSR count). The first kappa shape index (κ1) is 13.4. The Bertz CT molecular complexity index is 751. The zero-order chi connectivity index (χ0) is 15.1. The minimum atomic E-state index is -0.895. The normalized spacial score (nSPS) is 13.5. The minimum absolute atomic E-state index is 0.0772. The molecule has 3 nitrogen and oxygen atoms in total. The van der Waals surface area contributed by atoms with E-state index in [1.807, 2.05) is 0 Å². The van der Waals surface area contributed by atoms with Crippen LogP contribution in [-0.2, 0) is 11.2 Å². The van der Waals surface area contributed by atoms with Crippen molar-refractivity contribution in [3.63, 3.8) is 0 Å². The number of amides is 1. The molecule has 106 valence electrons. The van der Waals surface area contributed by atoms with Gasteiger partial charge >= 0.3 is 0 Å². The van der Waals surface area contributed by atoms with E-state index in [1.54, 1.807) is 13.1 Å². The second-order valence-corrected chi connectivity index (χ2v) is 4.90. The first-order valence-corrected chi connectivity index (χ1v) is 6.37. The molecule has 0 saturated carbocycles. The molecule has 0 atom stereocenters. The van der Waals surface area contributed by atoms with Gasteiger partial charge in [0.15, 0.2) is 5.78 Å². The summed E-state index contributed by atoms with van der Waals surface area (Å²) < 4.78 is 27.3. The van der Waals surface area contributed by atoms with Crippen molar-refractivity contribution in [2.24, 2.45) is 0 Å². The first-order chi connectivity index (χ1) is 9.99. The fourth-order valence-electron chi connectivity index (χ4n) is 2.47. The van der Waals surface area contributed by atoms with E-state index in [-0.39, 0.29) is 17.9 Å². The molecule has 0 spiro atoms. The van der Waals surface area contributed by atoms with E-state index < -0.39 is 23.0 Å². The lowest BCUT2D eigenvalue weighted by atomic mass is 9.99. The third kappa shape index (κ3) is 2.11. The molecule has 0 aromatic heterocycles. The highest BCUT2D eigenvalue weighted by atomic mass is 19.1. The Morgan fingerprint density at radius 1 is 1.14 bits per heavy atom. The quantitative estimate of drug-likeness (QED) is 0.796. The molecule has 0 unspecified atom stereocenters. The summed E-state index contributed by atoms with van der Waals surface area (Å²) in [5.74, 6) is -2.59. The zero-order valence-corrected chi connectivity index (χ0v) is 11.2. The van der Waals surface area contributed by atoms with Gasteiger partial charge in [-0.15, -0.1) is 0 Å². The van der Waals surface area contributed by atoms with Crippen molar-refractivity contribution in [3.8, 4) is 0 Å². The van der Waals surface area contributed by atoms with Crippen molar-refractivity contribution in [1.82, 2.24) is 0 Å². The average molecular weight is 287 g/mol. The molecule has 0 fully saturated rings. The van der Waals surface area contributed by atoms with E-state index >= 15 is 0 Å². The summed E-state index contributed by atoms with van der Waals surface area (Å²) in [4.78, 5) is 25.4. The number of carbonyl (C=O) groups excluding carboxylic acids is 2. The molecule has 21 heavy (non-hydrogen) atoms. The standard InChI is InChI=1S/C16H11F2NO2/c1-19-13-6-5-9(7-10(13)8-14(19)20)16(21)15-11(17)3-2-4-12(15)18/h2-7H,8H2,1H3. The van der Waals surface area contributed by atoms with Gasteiger partial charge in [-0.1, -0.05) is 6.07 Å². The summed E-state index contributed by atoms with van der Waals surface area (Å²) in [6, 6.07) is 7.90. The number of benzene rings is 2. The van der Waals surface area contributed by atoms with Crippen LogP contribution in [0.1, 0.15) is 21.5 Å². The highest BCUT2D eigenvalue weighted by molar-refractivity contribution is 6.10. The minimum Gasteiger partial charge on any atom is -0.315 e. The van der Waals surface area contributed by atoms with Crippen LogP contribution < -0.4 is 4.90 Å². The lowest BCUT2D eigenvalue weighted by molar-refractivity contribution is -0.117. The van der Waals surface area contributed by atoms with Crippen molar-refractivity contribution >= 4 is 17.4 Å². The van der Waals surface area contributed by atoms with E-state index in [1.165, 1.54) is 23.1 Å². The van der Waals surface area contributed by atoms with Gasteiger partial charge in [0.1, 0.15) is 11.6 Å². The zero-order valence-electron chi connectivity index (χ0n) is 11.2. The molecule has 2 aromatic carbocycles. The highest BCUT2D eigenvalue weighted by Crippen LogP contribution is 2.29. The molecular weight excluding hydrogens is 276 g/mol. The van der Waals surface area contributed by atoms with Gasteiger partial charge in [-0.3, -0.25) is 9.59 Å². The van der Waals surface area contributed by atoms with E-state index in [9.17, 15) is 18.4 Å². The van der Waals surface area contributed by atoms with Gasteiger partial charge in [0.25, 0.3) is 0 Å². The van der Waals surface area contributed by atoms with Crippen LogP contribution in [0.25, 0.3) is 0 Å². The maximum atomic E-state index is 13.7. The van der Waals surface area contributed by atoms with E-state index in [2.05, 4.69) is 0 Å². The van der Waals surface area contributed by atoms with Crippen LogP contribution in [0, 0.1) is 11.6 Å². The number of carbonyl (C=O) groups is 2. The maximum Gasteiger partial charge on any atom is 0.231 e. The van der Waals surface area contributed by atoms with Crippen LogP contribution in [0.5, 0.6) is 0 Å². The lowest BCUT2D eigenvalue weighted by Gasteiger charge is -2.10. The lowest BCUT2D eigenvalue weighted by Crippen LogP contribution is -2.20. The second-order valence-electron chi connectivity index (χ2n) is 4.90. The SMILES string of the molecule is CN1C(=O)Cc2cc(C(=O)c3c(F)cccc3F)ccc21. The third-order valence-electron chi connectivity index (χ3n) is 3.61. The summed E-state index contributed by atoms with van der Waals surface area (Å²) in [5.41, 5.74) is 0.992. The van der Waals surface area contributed by atoms with E-state index in [4.69, 9.17) is 0 Å². The Hall–Kier alpha value is -2.56. The fraction of sp³-hybridized carbons (Fsp3) is 0.125. The Kier molecular flexibility index (Phi) is 3.05. The second kappa shape index (κ2) is 4.77. The molecule has 5 heteroatoms. The summed E-state index contributed by atoms with van der Waals surface area (Å²) in [6.45, 7) is 0. The van der Waals surface area contributed by atoms with Gasteiger partial charge < -0.3 is 4.90 Å². The molecule has 1 aliphatic rings. The van der Waals surface area contributed by atoms with Gasteiger partial charge in [-0.2, -0.15) is 0 Å². The number of rotatable bonds is 2. The van der Waals surface area contributed by atoms with Gasteiger partial charge in [0.2, 0.25) is 5.91 Å². The van der Waals surface area contributed by atoms with Crippen LogP contribution >= 0.6 is 0 Å². The number of halogens is 2. The molecule has 1 amide bonds. The predicted octanol–water partition coefficient (Wildman–Crippen LogP) is 2.71. The molecule has 0 saturated heterocycles. The molecule has 0 aliphatic carbocycles. The molecule has 0 radical (unpaired) electrons. The third-order valence-corrected chi connectivity index (χ3v) is 3.61. The molecule has 1 heterocycles. The smallest absolute Gasteiger partial charge is 0.231 e. The van der Waals surface area contributed by atoms with E-state index in [0.717, 1.165) is 12.1 Å². The summed E-state index contributed by atoms with van der Waals surface area (Å²) in [6.07, 6.45) is 0.187. The molecular formula is C16H11F2NO2. The van der Waals surface area contributed by atoms with Crippen molar-refractivity contribution in [1.29, 1.82) is 0 Å². The Morgan fingerprint density at radius 3 is 2.48 bits per heavy atom. The maximum absolute atomic E-state index is 13.7. The van der Waals surface area contributed by atoms with Crippen LogP contribution in [0.15, 0.2) is 36.4 Å². The highest BCUT2D eigenvalue weighted by Gasteiger charge is 2.26. The Labute approximate surface area is 119 Å². The van der Waals surface area contributed by atoms with Gasteiger partial charge in [-0.05, 0) is 35.9 Å². The van der Waals surface area contributed by atoms with Crippen LogP contribution in [0.4, 0.5) is 14.5 Å². The number of nitrogens with zero attached hydrogens (tertiary/aromatic N) is 1. The van der Waals surface area contributed by atoms with Crippen molar-refractivity contribution in [2.75, 3.05) is 11.9 Å². The average Bonchev–Trinajstić information content (AvgIpc) is 2.73. The number of ketones is 1. The number of hydrogen-bond donors (Lipinski definition) is 0. The summed E-state index contributed by atoms with van der Waals surface area (Å²) in [5, 5.41) is 0. The van der Waals surface area contributed by atoms with E-state index in [0.29, 0.717) is 11.3 Å². The largest absolute Gasteiger partial charge is 0.315 e. The number of anilines is 1. The molecule has 2 aromatic rings. The molecule has 0 N–H and O–H groups in total. The topological polar surface area (TPSA) is 37.4 Å². The van der Waals surface area contributed by atoms with Crippen LogP contribution in [-0.4, -0.2) is 18.7 Å².